The van der Waals surface area contributed by atoms with E-state index in [0.29, 0.717) is 31.4 Å². The van der Waals surface area contributed by atoms with Crippen LogP contribution in [0.2, 0.25) is 0 Å². The highest BCUT2D eigenvalue weighted by Crippen LogP contribution is 2.37. The molecule has 35 heavy (non-hydrogen) atoms. The fourth-order valence-corrected chi connectivity index (χ4v) is 4.90. The summed E-state index contributed by atoms with van der Waals surface area (Å²) >= 11 is 1.57. The van der Waals surface area contributed by atoms with E-state index in [0.717, 1.165) is 5.56 Å². The van der Waals surface area contributed by atoms with Crippen LogP contribution in [0.25, 0.3) is 0 Å². The fourth-order valence-electron chi connectivity index (χ4n) is 4.43. The molecule has 2 bridgehead atoms. The molecule has 0 spiro atoms. The monoisotopic (exact) mass is 505 g/mol. The second kappa shape index (κ2) is 11.8. The molecular weight excluding hydrogens is 470 g/mol. The Morgan fingerprint density at radius 1 is 1.17 bits per heavy atom. The normalized spacial score (nSPS) is 22.3. The lowest BCUT2D eigenvalue weighted by atomic mass is 9.85. The highest BCUT2D eigenvalue weighted by atomic mass is 32.2. The average Bonchev–Trinajstić information content (AvgIpc) is 3.07. The Hall–Kier alpha value is -2.75. The molecule has 1 aliphatic heterocycles. The summed E-state index contributed by atoms with van der Waals surface area (Å²) in [6, 6.07) is 7.87. The SMILES string of the molecule is CSCCC(NC(=O)OCc1ccccc1)C(=O)N[C@H]1CC[C@@H]2C[C@H]1C(=O)N2C(=O)OC(C)(C)C. The summed E-state index contributed by atoms with van der Waals surface area (Å²) in [6.07, 6.45) is 2.69. The molecule has 4 amide bonds. The van der Waals surface area contributed by atoms with Gasteiger partial charge < -0.3 is 20.1 Å². The Labute approximate surface area is 210 Å². The van der Waals surface area contributed by atoms with Crippen LogP contribution in [0.3, 0.4) is 0 Å². The molecule has 0 radical (unpaired) electrons. The molecule has 2 fully saturated rings. The number of fused-ring (bicyclic) bond motifs is 2. The molecule has 1 saturated carbocycles. The zero-order valence-corrected chi connectivity index (χ0v) is 21.6. The van der Waals surface area contributed by atoms with Crippen molar-refractivity contribution in [3.63, 3.8) is 0 Å². The van der Waals surface area contributed by atoms with E-state index < -0.39 is 35.8 Å². The van der Waals surface area contributed by atoms with Gasteiger partial charge in [-0.1, -0.05) is 30.3 Å². The number of carbonyl (C=O) groups is 4. The number of hydrogen-bond donors (Lipinski definition) is 2. The summed E-state index contributed by atoms with van der Waals surface area (Å²) in [5.41, 5.74) is 0.145. The van der Waals surface area contributed by atoms with Gasteiger partial charge in [0.05, 0.1) is 5.92 Å². The first-order valence-electron chi connectivity index (χ1n) is 11.9. The molecule has 1 aliphatic carbocycles. The summed E-state index contributed by atoms with van der Waals surface area (Å²) in [6.45, 7) is 5.37. The zero-order chi connectivity index (χ0) is 25.6. The van der Waals surface area contributed by atoms with Gasteiger partial charge in [-0.05, 0) is 64.0 Å². The van der Waals surface area contributed by atoms with Gasteiger partial charge >= 0.3 is 12.2 Å². The van der Waals surface area contributed by atoms with Gasteiger partial charge in [0.2, 0.25) is 11.8 Å². The number of thioether (sulfide) groups is 1. The van der Waals surface area contributed by atoms with Gasteiger partial charge in [-0.2, -0.15) is 11.8 Å². The standard InChI is InChI=1S/C25H35N3O6S/c1-25(2,3)34-24(32)28-17-10-11-19(18(14-17)22(28)30)26-21(29)20(12-13-35-4)27-23(31)33-15-16-8-6-5-7-9-16/h5-9,17-20H,10-15H2,1-4H3,(H,26,29)(H,27,31)/t17-,18-,19+,20?/m1/s1. The molecule has 10 heteroatoms. The molecular formula is C25H35N3O6S. The molecule has 9 nitrogen and oxygen atoms in total. The van der Waals surface area contributed by atoms with Crippen LogP contribution in [0.15, 0.2) is 30.3 Å². The van der Waals surface area contributed by atoms with Gasteiger partial charge in [-0.25, -0.2) is 14.5 Å². The number of alkyl carbamates (subject to hydrolysis) is 1. The summed E-state index contributed by atoms with van der Waals surface area (Å²) in [5.74, 6) is -0.499. The molecule has 192 valence electrons. The third-order valence-electron chi connectivity index (χ3n) is 6.09. The Morgan fingerprint density at radius 3 is 2.54 bits per heavy atom. The average molecular weight is 506 g/mol. The van der Waals surface area contributed by atoms with Gasteiger partial charge in [-0.15, -0.1) is 0 Å². The van der Waals surface area contributed by atoms with Crippen molar-refractivity contribution in [3.8, 4) is 0 Å². The minimum absolute atomic E-state index is 0.102. The van der Waals surface area contributed by atoms with Gasteiger partial charge in [0.1, 0.15) is 18.2 Å². The lowest BCUT2D eigenvalue weighted by Crippen LogP contribution is -2.52. The number of imide groups is 1. The number of rotatable bonds is 8. The third-order valence-corrected chi connectivity index (χ3v) is 6.74. The number of nitrogens with one attached hydrogen (secondary N) is 2. The van der Waals surface area contributed by atoms with Crippen LogP contribution in [0.1, 0.15) is 52.0 Å². The van der Waals surface area contributed by atoms with Crippen molar-refractivity contribution in [1.29, 1.82) is 0 Å². The minimum Gasteiger partial charge on any atom is -0.445 e. The van der Waals surface area contributed by atoms with E-state index in [4.69, 9.17) is 9.47 Å². The van der Waals surface area contributed by atoms with Crippen LogP contribution < -0.4 is 10.6 Å². The van der Waals surface area contributed by atoms with E-state index in [1.54, 1.807) is 32.5 Å². The maximum Gasteiger partial charge on any atom is 0.417 e. The van der Waals surface area contributed by atoms with Crippen molar-refractivity contribution in [2.75, 3.05) is 12.0 Å². The second-order valence-electron chi connectivity index (χ2n) is 9.92. The molecule has 1 unspecified atom stereocenters. The number of nitrogens with zero attached hydrogens (tertiary/aromatic N) is 1. The molecule has 0 aromatic heterocycles. The van der Waals surface area contributed by atoms with Crippen LogP contribution >= 0.6 is 11.8 Å². The van der Waals surface area contributed by atoms with Gasteiger partial charge in [0.25, 0.3) is 0 Å². The van der Waals surface area contributed by atoms with Crippen LogP contribution in [-0.4, -0.2) is 64.6 Å². The van der Waals surface area contributed by atoms with Crippen molar-refractivity contribution in [1.82, 2.24) is 15.5 Å². The Bertz CT molecular complexity index is 920. The highest BCUT2D eigenvalue weighted by Gasteiger charge is 2.51. The Balaban J connectivity index is 1.58. The lowest BCUT2D eigenvalue weighted by molar-refractivity contribution is -0.131. The van der Waals surface area contributed by atoms with E-state index in [1.807, 2.05) is 36.6 Å². The van der Waals surface area contributed by atoms with Crippen molar-refractivity contribution >= 4 is 35.8 Å². The summed E-state index contributed by atoms with van der Waals surface area (Å²) in [5, 5.41) is 5.62. The maximum atomic E-state index is 13.1. The van der Waals surface area contributed by atoms with Crippen molar-refractivity contribution in [2.45, 2.75) is 76.8 Å². The van der Waals surface area contributed by atoms with Crippen molar-refractivity contribution in [3.05, 3.63) is 35.9 Å². The Morgan fingerprint density at radius 2 is 1.89 bits per heavy atom. The van der Waals surface area contributed by atoms with E-state index in [-0.39, 0.29) is 24.5 Å². The first kappa shape index (κ1) is 26.8. The van der Waals surface area contributed by atoms with E-state index in [2.05, 4.69) is 10.6 Å². The van der Waals surface area contributed by atoms with Crippen LogP contribution in [0, 0.1) is 5.92 Å². The quantitative estimate of drug-likeness (QED) is 0.556. The van der Waals surface area contributed by atoms with Crippen molar-refractivity contribution in [2.24, 2.45) is 5.92 Å². The maximum absolute atomic E-state index is 13.1. The number of hydrogen-bond acceptors (Lipinski definition) is 7. The first-order chi connectivity index (χ1) is 16.6. The summed E-state index contributed by atoms with van der Waals surface area (Å²) in [7, 11) is 0. The number of benzene rings is 1. The number of carbonyl (C=O) groups excluding carboxylic acids is 4. The predicted octanol–water partition coefficient (Wildman–Crippen LogP) is 3.47. The van der Waals surface area contributed by atoms with Crippen LogP contribution in [0.5, 0.6) is 0 Å². The Kier molecular flexibility index (Phi) is 9.04. The minimum atomic E-state index is -0.790. The van der Waals surface area contributed by atoms with Gasteiger partial charge in [-0.3, -0.25) is 9.59 Å². The molecule has 2 aliphatic rings. The summed E-state index contributed by atoms with van der Waals surface area (Å²) < 4.78 is 10.7. The lowest BCUT2D eigenvalue weighted by Gasteiger charge is -2.29. The fraction of sp³-hybridized carbons (Fsp3) is 0.600. The number of ether oxygens (including phenoxy) is 2. The topological polar surface area (TPSA) is 114 Å². The van der Waals surface area contributed by atoms with E-state index in [9.17, 15) is 19.2 Å². The highest BCUT2D eigenvalue weighted by molar-refractivity contribution is 7.98. The summed E-state index contributed by atoms with van der Waals surface area (Å²) in [4.78, 5) is 52.3. The number of amides is 4. The van der Waals surface area contributed by atoms with E-state index >= 15 is 0 Å². The van der Waals surface area contributed by atoms with Gasteiger partial charge in [0, 0.05) is 12.1 Å². The van der Waals surface area contributed by atoms with Gasteiger partial charge in [0.15, 0.2) is 0 Å². The molecule has 1 saturated heterocycles. The van der Waals surface area contributed by atoms with Crippen LogP contribution in [0.4, 0.5) is 9.59 Å². The molecule has 2 N–H and O–H groups in total. The molecule has 1 aromatic carbocycles. The largest absolute Gasteiger partial charge is 0.445 e. The molecule has 3 rings (SSSR count). The predicted molar refractivity (Wildman–Crippen MR) is 133 cm³/mol. The smallest absolute Gasteiger partial charge is 0.417 e. The third kappa shape index (κ3) is 7.37. The first-order valence-corrected chi connectivity index (χ1v) is 13.3. The molecule has 4 atom stereocenters. The molecule has 1 aromatic rings. The van der Waals surface area contributed by atoms with E-state index in [1.165, 1.54) is 4.90 Å². The van der Waals surface area contributed by atoms with Crippen LogP contribution in [-0.2, 0) is 25.7 Å². The zero-order valence-electron chi connectivity index (χ0n) is 20.7. The number of likely N-dealkylation sites (tertiary alicyclic amines) is 1. The van der Waals surface area contributed by atoms with Crippen molar-refractivity contribution < 1.29 is 28.7 Å². The second-order valence-corrected chi connectivity index (χ2v) is 10.9. The molecule has 1 heterocycles.